The molecule has 0 spiro atoms. The smallest absolute Gasteiger partial charge is 0.319 e. The Bertz CT molecular complexity index is 412. The van der Waals surface area contributed by atoms with E-state index in [1.165, 1.54) is 0 Å². The molecule has 4 nitrogen and oxygen atoms in total. The highest BCUT2D eigenvalue weighted by Gasteiger charge is 2.10. The van der Waals surface area contributed by atoms with E-state index in [1.807, 2.05) is 5.32 Å². The fourth-order valence-electron chi connectivity index (χ4n) is 0.970. The van der Waals surface area contributed by atoms with Crippen LogP contribution in [0.1, 0.15) is 5.56 Å². The fourth-order valence-corrected chi connectivity index (χ4v) is 1.10. The summed E-state index contributed by atoms with van der Waals surface area (Å²) in [5.74, 6) is -0.621. The largest absolute Gasteiger partial charge is 0.351 e. The lowest BCUT2D eigenvalue weighted by Gasteiger charge is -2.04. The SMILES string of the molecule is C=C(C(=O)NC(N)=O)c1ccc(Cl)cc1. The average molecular weight is 225 g/mol. The number of amides is 3. The lowest BCUT2D eigenvalue weighted by Crippen LogP contribution is -2.35. The molecule has 0 unspecified atom stereocenters. The second-order valence-corrected chi connectivity index (χ2v) is 3.24. The van der Waals surface area contributed by atoms with Gasteiger partial charge in [-0.1, -0.05) is 30.3 Å². The Kier molecular flexibility index (Phi) is 3.46. The molecule has 15 heavy (non-hydrogen) atoms. The lowest BCUT2D eigenvalue weighted by molar-refractivity contribution is -0.114. The van der Waals surface area contributed by atoms with Crippen LogP contribution in [0.2, 0.25) is 5.02 Å². The van der Waals surface area contributed by atoms with Crippen molar-refractivity contribution in [3.8, 4) is 0 Å². The van der Waals surface area contributed by atoms with Crippen LogP contribution in [0, 0.1) is 0 Å². The van der Waals surface area contributed by atoms with Crippen LogP contribution in [0.15, 0.2) is 30.8 Å². The van der Waals surface area contributed by atoms with Gasteiger partial charge < -0.3 is 5.73 Å². The summed E-state index contributed by atoms with van der Waals surface area (Å²) < 4.78 is 0. The second-order valence-electron chi connectivity index (χ2n) is 2.80. The standard InChI is InChI=1S/C10H9ClN2O2/c1-6(9(14)13-10(12)15)7-2-4-8(11)5-3-7/h2-5H,1H2,(H3,12,13,14,15). The number of primary amides is 1. The molecule has 0 fully saturated rings. The number of benzene rings is 1. The van der Waals surface area contributed by atoms with E-state index in [0.29, 0.717) is 10.6 Å². The first-order valence-electron chi connectivity index (χ1n) is 4.06. The van der Waals surface area contributed by atoms with Crippen LogP contribution in [-0.2, 0) is 4.79 Å². The van der Waals surface area contributed by atoms with Crippen molar-refractivity contribution in [3.63, 3.8) is 0 Å². The van der Waals surface area contributed by atoms with Crippen LogP contribution in [-0.4, -0.2) is 11.9 Å². The van der Waals surface area contributed by atoms with Crippen molar-refractivity contribution < 1.29 is 9.59 Å². The average Bonchev–Trinajstić information content (AvgIpc) is 2.17. The molecule has 0 bridgehead atoms. The van der Waals surface area contributed by atoms with Crippen molar-refractivity contribution in [3.05, 3.63) is 41.4 Å². The van der Waals surface area contributed by atoms with Crippen molar-refractivity contribution >= 4 is 29.1 Å². The summed E-state index contributed by atoms with van der Waals surface area (Å²) in [5, 5.41) is 2.48. The number of nitrogens with one attached hydrogen (secondary N) is 1. The monoisotopic (exact) mass is 224 g/mol. The quantitative estimate of drug-likeness (QED) is 0.748. The first-order chi connectivity index (χ1) is 7.00. The Labute approximate surface area is 91.7 Å². The fraction of sp³-hybridized carbons (Fsp3) is 0. The van der Waals surface area contributed by atoms with Gasteiger partial charge in [-0.15, -0.1) is 0 Å². The maximum absolute atomic E-state index is 11.3. The number of carbonyl (C=O) groups is 2. The third-order valence-electron chi connectivity index (χ3n) is 1.70. The molecule has 0 saturated carbocycles. The zero-order valence-electron chi connectivity index (χ0n) is 7.79. The summed E-state index contributed by atoms with van der Waals surface area (Å²) in [6, 6.07) is 5.60. The van der Waals surface area contributed by atoms with E-state index in [9.17, 15) is 9.59 Å². The molecule has 1 rings (SSSR count). The van der Waals surface area contributed by atoms with E-state index in [-0.39, 0.29) is 5.57 Å². The third-order valence-corrected chi connectivity index (χ3v) is 1.96. The molecule has 0 atom stereocenters. The molecular formula is C10H9ClN2O2. The molecule has 0 aromatic heterocycles. The Morgan fingerprint density at radius 2 is 1.80 bits per heavy atom. The summed E-state index contributed by atoms with van der Waals surface area (Å²) in [5.41, 5.74) is 5.54. The first kappa shape index (κ1) is 11.3. The van der Waals surface area contributed by atoms with Gasteiger partial charge in [0.2, 0.25) is 0 Å². The molecule has 1 aromatic rings. The van der Waals surface area contributed by atoms with Crippen LogP contribution >= 0.6 is 11.6 Å². The van der Waals surface area contributed by atoms with E-state index < -0.39 is 11.9 Å². The number of hydrogen-bond donors (Lipinski definition) is 2. The maximum atomic E-state index is 11.3. The van der Waals surface area contributed by atoms with Crippen molar-refractivity contribution in [2.45, 2.75) is 0 Å². The van der Waals surface area contributed by atoms with Crippen molar-refractivity contribution in [1.82, 2.24) is 5.32 Å². The third kappa shape index (κ3) is 3.11. The summed E-state index contributed by atoms with van der Waals surface area (Å²) in [6.45, 7) is 3.54. The normalized spacial score (nSPS) is 9.40. The molecule has 0 saturated heterocycles. The minimum Gasteiger partial charge on any atom is -0.351 e. The number of rotatable bonds is 2. The van der Waals surface area contributed by atoms with Crippen LogP contribution in [0.3, 0.4) is 0 Å². The van der Waals surface area contributed by atoms with Gasteiger partial charge in [-0.2, -0.15) is 0 Å². The van der Waals surface area contributed by atoms with E-state index in [4.69, 9.17) is 17.3 Å². The Balaban J connectivity index is 2.81. The van der Waals surface area contributed by atoms with Crippen LogP contribution in [0.4, 0.5) is 4.79 Å². The van der Waals surface area contributed by atoms with Gasteiger partial charge in [-0.05, 0) is 17.7 Å². The van der Waals surface area contributed by atoms with Gasteiger partial charge in [0, 0.05) is 10.6 Å². The number of hydrogen-bond acceptors (Lipinski definition) is 2. The highest BCUT2D eigenvalue weighted by atomic mass is 35.5. The zero-order valence-corrected chi connectivity index (χ0v) is 8.54. The molecular weight excluding hydrogens is 216 g/mol. The lowest BCUT2D eigenvalue weighted by atomic mass is 10.1. The van der Waals surface area contributed by atoms with Crippen molar-refractivity contribution in [2.75, 3.05) is 0 Å². The van der Waals surface area contributed by atoms with E-state index in [1.54, 1.807) is 24.3 Å². The minimum atomic E-state index is -0.907. The Morgan fingerprint density at radius 3 is 2.27 bits per heavy atom. The molecule has 3 amide bonds. The molecule has 0 aliphatic heterocycles. The van der Waals surface area contributed by atoms with Gasteiger partial charge in [-0.25, -0.2) is 4.79 Å². The predicted molar refractivity (Wildman–Crippen MR) is 58.2 cm³/mol. The number of nitrogens with two attached hydrogens (primary N) is 1. The summed E-state index contributed by atoms with van der Waals surface area (Å²) in [4.78, 5) is 21.7. The molecule has 0 radical (unpaired) electrons. The highest BCUT2D eigenvalue weighted by molar-refractivity contribution is 6.30. The van der Waals surface area contributed by atoms with Gasteiger partial charge in [0.1, 0.15) is 0 Å². The van der Waals surface area contributed by atoms with E-state index >= 15 is 0 Å². The van der Waals surface area contributed by atoms with Gasteiger partial charge in [0.25, 0.3) is 5.91 Å². The molecule has 1 aromatic carbocycles. The van der Waals surface area contributed by atoms with E-state index in [0.717, 1.165) is 0 Å². The van der Waals surface area contributed by atoms with Crippen molar-refractivity contribution in [2.24, 2.45) is 5.73 Å². The summed E-state index contributed by atoms with van der Waals surface area (Å²) >= 11 is 5.68. The summed E-state index contributed by atoms with van der Waals surface area (Å²) in [6.07, 6.45) is 0. The summed E-state index contributed by atoms with van der Waals surface area (Å²) in [7, 11) is 0. The van der Waals surface area contributed by atoms with Crippen molar-refractivity contribution in [1.29, 1.82) is 0 Å². The van der Waals surface area contributed by atoms with Crippen LogP contribution in [0.5, 0.6) is 0 Å². The molecule has 0 heterocycles. The number of carbonyl (C=O) groups excluding carboxylic acids is 2. The number of imide groups is 1. The topological polar surface area (TPSA) is 72.2 Å². The Morgan fingerprint density at radius 1 is 1.27 bits per heavy atom. The Hall–Kier alpha value is -1.81. The highest BCUT2D eigenvalue weighted by Crippen LogP contribution is 2.15. The molecule has 78 valence electrons. The first-order valence-corrected chi connectivity index (χ1v) is 4.44. The zero-order chi connectivity index (χ0) is 11.4. The molecule has 0 aliphatic carbocycles. The van der Waals surface area contributed by atoms with Crippen LogP contribution in [0.25, 0.3) is 5.57 Å². The number of urea groups is 1. The predicted octanol–water partition coefficient (Wildman–Crippen LogP) is 1.55. The van der Waals surface area contributed by atoms with E-state index in [2.05, 4.69) is 6.58 Å². The number of halogens is 1. The molecule has 0 aliphatic rings. The van der Waals surface area contributed by atoms with Crippen LogP contribution < -0.4 is 11.1 Å². The van der Waals surface area contributed by atoms with Gasteiger partial charge >= 0.3 is 6.03 Å². The van der Waals surface area contributed by atoms with Gasteiger partial charge in [0.05, 0.1) is 0 Å². The minimum absolute atomic E-state index is 0.158. The molecule has 3 N–H and O–H groups in total. The van der Waals surface area contributed by atoms with Gasteiger partial charge in [-0.3, -0.25) is 10.1 Å². The van der Waals surface area contributed by atoms with Gasteiger partial charge in [0.15, 0.2) is 0 Å². The molecule has 5 heteroatoms. The maximum Gasteiger partial charge on any atom is 0.319 e. The second kappa shape index (κ2) is 4.61.